The predicted molar refractivity (Wildman–Crippen MR) is 116 cm³/mol. The Morgan fingerprint density at radius 3 is 2.58 bits per heavy atom. The molecule has 0 bridgehead atoms. The van der Waals surface area contributed by atoms with Gasteiger partial charge in [0.25, 0.3) is 5.91 Å². The Balaban J connectivity index is 1.47. The van der Waals surface area contributed by atoms with Crippen LogP contribution in [0.15, 0.2) is 18.2 Å². The number of piperidine rings is 2. The fraction of sp³-hybridized carbons (Fsp3) is 0.524. The molecule has 0 aliphatic carbocycles. The maximum absolute atomic E-state index is 13.0. The van der Waals surface area contributed by atoms with Crippen LogP contribution in [0.25, 0.3) is 0 Å². The van der Waals surface area contributed by atoms with Crippen LogP contribution in [0.1, 0.15) is 48.5 Å². The van der Waals surface area contributed by atoms with E-state index in [0.29, 0.717) is 24.0 Å². The van der Waals surface area contributed by atoms with E-state index in [9.17, 15) is 27.6 Å². The molecule has 1 atom stereocenters. The molecule has 2 saturated heterocycles. The Morgan fingerprint density at radius 2 is 1.91 bits per heavy atom. The van der Waals surface area contributed by atoms with Crippen molar-refractivity contribution in [1.29, 1.82) is 0 Å². The van der Waals surface area contributed by atoms with E-state index in [1.165, 1.54) is 9.21 Å². The first-order valence-corrected chi connectivity index (χ1v) is 12.4. The van der Waals surface area contributed by atoms with E-state index < -0.39 is 22.2 Å². The minimum atomic E-state index is -3.92. The fourth-order valence-electron chi connectivity index (χ4n) is 4.48. The second kappa shape index (κ2) is 9.10. The molecule has 0 spiro atoms. The number of carbonyl (C=O) groups is 4. The highest BCUT2D eigenvalue weighted by molar-refractivity contribution is 7.90. The summed E-state index contributed by atoms with van der Waals surface area (Å²) >= 11 is 0. The third kappa shape index (κ3) is 4.58. The number of amides is 3. The van der Waals surface area contributed by atoms with Crippen molar-refractivity contribution in [3.05, 3.63) is 29.3 Å². The molecule has 178 valence electrons. The Morgan fingerprint density at radius 1 is 1.18 bits per heavy atom. The summed E-state index contributed by atoms with van der Waals surface area (Å²) in [6.07, 6.45) is 1.10. The summed E-state index contributed by atoms with van der Waals surface area (Å²) < 4.78 is 34.9. The van der Waals surface area contributed by atoms with Gasteiger partial charge in [0.2, 0.25) is 11.8 Å². The van der Waals surface area contributed by atoms with Gasteiger partial charge in [-0.05, 0) is 38.3 Å². The van der Waals surface area contributed by atoms with Crippen LogP contribution < -0.4 is 10.0 Å². The molecule has 0 radical (unpaired) electrons. The van der Waals surface area contributed by atoms with Crippen molar-refractivity contribution in [2.75, 3.05) is 24.4 Å². The molecule has 0 saturated carbocycles. The van der Waals surface area contributed by atoms with Crippen molar-refractivity contribution in [3.63, 3.8) is 0 Å². The van der Waals surface area contributed by atoms with Gasteiger partial charge in [0.05, 0.1) is 18.2 Å². The van der Waals surface area contributed by atoms with Crippen molar-refractivity contribution in [3.8, 4) is 0 Å². The quantitative estimate of drug-likeness (QED) is 0.445. The van der Waals surface area contributed by atoms with Crippen LogP contribution in [0, 0.1) is 5.92 Å². The standard InChI is InChI=1S/C21H26N4O7S/c1-2-32-21(29)13-8-10-24(11-9-13)33(30,31)23-16-5-3-4-14-15(16)12-25(20(14)28)17-6-7-18(26)22-19(17)27/h3-5,13,17,23H,2,6-12H2,1H3,(H,22,26,27). The van der Waals surface area contributed by atoms with Crippen LogP contribution in [0.4, 0.5) is 5.69 Å². The molecule has 11 nitrogen and oxygen atoms in total. The molecule has 3 heterocycles. The first-order valence-electron chi connectivity index (χ1n) is 10.9. The Hall–Kier alpha value is -2.99. The topological polar surface area (TPSA) is 142 Å². The number of benzene rings is 1. The summed E-state index contributed by atoms with van der Waals surface area (Å²) in [4.78, 5) is 49.9. The molecule has 1 aromatic carbocycles. The SMILES string of the molecule is CCOC(=O)C1CCN(S(=O)(=O)Nc2cccc3c2CN(C2CCC(=O)NC2=O)C3=O)CC1. The molecule has 12 heteroatoms. The average molecular weight is 479 g/mol. The van der Waals surface area contributed by atoms with Gasteiger partial charge in [0, 0.05) is 37.2 Å². The van der Waals surface area contributed by atoms with Crippen LogP contribution >= 0.6 is 0 Å². The summed E-state index contributed by atoms with van der Waals surface area (Å²) in [5, 5.41) is 2.25. The minimum Gasteiger partial charge on any atom is -0.466 e. The molecule has 0 aromatic heterocycles. The van der Waals surface area contributed by atoms with Crippen LogP contribution in [0.2, 0.25) is 0 Å². The molecule has 2 fully saturated rings. The van der Waals surface area contributed by atoms with E-state index in [1.54, 1.807) is 25.1 Å². The van der Waals surface area contributed by atoms with Gasteiger partial charge in [-0.1, -0.05) is 6.07 Å². The number of hydrogen-bond acceptors (Lipinski definition) is 7. The number of hydrogen-bond donors (Lipinski definition) is 2. The smallest absolute Gasteiger partial charge is 0.309 e. The Labute approximate surface area is 191 Å². The van der Waals surface area contributed by atoms with E-state index in [0.717, 1.165) is 0 Å². The van der Waals surface area contributed by atoms with E-state index in [-0.39, 0.29) is 68.5 Å². The van der Waals surface area contributed by atoms with Crippen molar-refractivity contribution in [1.82, 2.24) is 14.5 Å². The van der Waals surface area contributed by atoms with Crippen molar-refractivity contribution >= 4 is 39.6 Å². The number of rotatable bonds is 6. The summed E-state index contributed by atoms with van der Waals surface area (Å²) in [6, 6.07) is 3.96. The number of fused-ring (bicyclic) bond motifs is 1. The van der Waals surface area contributed by atoms with Gasteiger partial charge in [-0.2, -0.15) is 12.7 Å². The zero-order valence-corrected chi connectivity index (χ0v) is 19.0. The lowest BCUT2D eigenvalue weighted by Crippen LogP contribution is -2.52. The Kier molecular flexibility index (Phi) is 6.39. The van der Waals surface area contributed by atoms with Gasteiger partial charge in [-0.3, -0.25) is 29.2 Å². The van der Waals surface area contributed by atoms with Crippen molar-refractivity contribution in [2.24, 2.45) is 5.92 Å². The Bertz CT molecular complexity index is 1100. The minimum absolute atomic E-state index is 0.0596. The van der Waals surface area contributed by atoms with Gasteiger partial charge >= 0.3 is 16.2 Å². The lowest BCUT2D eigenvalue weighted by atomic mass is 9.98. The maximum Gasteiger partial charge on any atom is 0.309 e. The van der Waals surface area contributed by atoms with Gasteiger partial charge in [-0.25, -0.2) is 0 Å². The number of nitrogens with one attached hydrogen (secondary N) is 2. The van der Waals surface area contributed by atoms with Gasteiger partial charge in [-0.15, -0.1) is 0 Å². The zero-order valence-electron chi connectivity index (χ0n) is 18.2. The lowest BCUT2D eigenvalue weighted by Gasteiger charge is -2.30. The summed E-state index contributed by atoms with van der Waals surface area (Å²) in [7, 11) is -3.92. The van der Waals surface area contributed by atoms with Crippen LogP contribution in [0.5, 0.6) is 0 Å². The molecule has 4 rings (SSSR count). The number of esters is 1. The second-order valence-corrected chi connectivity index (χ2v) is 9.93. The predicted octanol–water partition coefficient (Wildman–Crippen LogP) is 0.379. The number of nitrogens with zero attached hydrogens (tertiary/aromatic N) is 2. The van der Waals surface area contributed by atoms with Crippen LogP contribution in [0.3, 0.4) is 0 Å². The molecule has 3 aliphatic rings. The summed E-state index contributed by atoms with van der Waals surface area (Å²) in [5.41, 5.74) is 1.07. The maximum atomic E-state index is 13.0. The number of carbonyl (C=O) groups excluding carboxylic acids is 4. The van der Waals surface area contributed by atoms with Gasteiger partial charge in [0.15, 0.2) is 0 Å². The highest BCUT2D eigenvalue weighted by Gasteiger charge is 2.40. The largest absolute Gasteiger partial charge is 0.466 e. The number of ether oxygens (including phenoxy) is 1. The van der Waals surface area contributed by atoms with Crippen molar-refractivity contribution in [2.45, 2.75) is 45.2 Å². The molecular weight excluding hydrogens is 452 g/mol. The normalized spacial score (nSPS) is 22.2. The van der Waals surface area contributed by atoms with E-state index >= 15 is 0 Å². The molecule has 1 unspecified atom stereocenters. The summed E-state index contributed by atoms with van der Waals surface area (Å²) in [5.74, 6) is -1.91. The number of imide groups is 1. The molecular formula is C21H26N4O7S. The van der Waals surface area contributed by atoms with E-state index in [2.05, 4.69) is 10.0 Å². The van der Waals surface area contributed by atoms with Crippen LogP contribution in [-0.2, 0) is 35.9 Å². The molecule has 3 amide bonds. The van der Waals surface area contributed by atoms with Crippen molar-refractivity contribution < 1.29 is 32.3 Å². The fourth-order valence-corrected chi connectivity index (χ4v) is 5.77. The second-order valence-electron chi connectivity index (χ2n) is 8.26. The van der Waals surface area contributed by atoms with Gasteiger partial charge < -0.3 is 9.64 Å². The van der Waals surface area contributed by atoms with Crippen LogP contribution in [-0.4, -0.2) is 67.1 Å². The molecule has 1 aromatic rings. The highest BCUT2D eigenvalue weighted by atomic mass is 32.2. The lowest BCUT2D eigenvalue weighted by molar-refractivity contribution is -0.149. The molecule has 3 aliphatic heterocycles. The van der Waals surface area contributed by atoms with E-state index in [1.807, 2.05) is 0 Å². The highest BCUT2D eigenvalue weighted by Crippen LogP contribution is 2.33. The first kappa shape index (κ1) is 23.2. The number of anilines is 1. The zero-order chi connectivity index (χ0) is 23.8. The molecule has 33 heavy (non-hydrogen) atoms. The third-order valence-electron chi connectivity index (χ3n) is 6.23. The van der Waals surface area contributed by atoms with Gasteiger partial charge in [0.1, 0.15) is 6.04 Å². The molecule has 2 N–H and O–H groups in total. The van der Waals surface area contributed by atoms with E-state index in [4.69, 9.17) is 4.74 Å². The third-order valence-corrected chi connectivity index (χ3v) is 7.76. The average Bonchev–Trinajstić information content (AvgIpc) is 3.11. The first-order chi connectivity index (χ1) is 15.7. The summed E-state index contributed by atoms with van der Waals surface area (Å²) in [6.45, 7) is 2.42. The monoisotopic (exact) mass is 478 g/mol.